The molecule has 0 aliphatic carbocycles. The van der Waals surface area contributed by atoms with Crippen LogP contribution in [0.2, 0.25) is 0 Å². The van der Waals surface area contributed by atoms with Crippen molar-refractivity contribution >= 4 is 12.2 Å². The Morgan fingerprint density at radius 1 is 0.840 bits per heavy atom. The van der Waals surface area contributed by atoms with Crippen molar-refractivity contribution < 1.29 is 9.47 Å². The van der Waals surface area contributed by atoms with E-state index in [9.17, 15) is 0 Å². The van der Waals surface area contributed by atoms with Crippen molar-refractivity contribution in [3.8, 4) is 0 Å². The Bertz CT molecular complexity index is 658. The van der Waals surface area contributed by atoms with Gasteiger partial charge in [0.1, 0.15) is 0 Å². The van der Waals surface area contributed by atoms with Crippen LogP contribution in [0.1, 0.15) is 35.6 Å². The first-order valence-electron chi connectivity index (χ1n) is 8.83. The predicted octanol–water partition coefficient (Wildman–Crippen LogP) is 5.73. The van der Waals surface area contributed by atoms with Crippen LogP contribution >= 0.6 is 0 Å². The SMILES string of the molecule is C=Cc1ccc(COCC(CC)COCc2cccc(C=C)c2)cc1. The summed E-state index contributed by atoms with van der Waals surface area (Å²) in [6, 6.07) is 16.6. The van der Waals surface area contributed by atoms with Crippen LogP contribution in [0.3, 0.4) is 0 Å². The Hall–Kier alpha value is -2.16. The summed E-state index contributed by atoms with van der Waals surface area (Å²) in [7, 11) is 0. The van der Waals surface area contributed by atoms with E-state index in [1.165, 1.54) is 11.1 Å². The molecule has 0 saturated carbocycles. The Morgan fingerprint density at radius 3 is 2.08 bits per heavy atom. The second-order valence-electron chi connectivity index (χ2n) is 6.20. The van der Waals surface area contributed by atoms with E-state index in [4.69, 9.17) is 9.47 Å². The average molecular weight is 336 g/mol. The predicted molar refractivity (Wildman–Crippen MR) is 106 cm³/mol. The molecule has 0 aliphatic heterocycles. The van der Waals surface area contributed by atoms with Crippen molar-refractivity contribution in [2.45, 2.75) is 26.6 Å². The van der Waals surface area contributed by atoms with Crippen LogP contribution in [0.5, 0.6) is 0 Å². The van der Waals surface area contributed by atoms with E-state index in [0.717, 1.165) is 17.5 Å². The van der Waals surface area contributed by atoms with Crippen LogP contribution in [-0.4, -0.2) is 13.2 Å². The maximum atomic E-state index is 5.88. The van der Waals surface area contributed by atoms with E-state index in [1.54, 1.807) is 0 Å². The van der Waals surface area contributed by atoms with Gasteiger partial charge in [0.05, 0.1) is 26.4 Å². The molecular formula is C23H28O2. The molecule has 0 N–H and O–H groups in total. The van der Waals surface area contributed by atoms with Gasteiger partial charge in [0.2, 0.25) is 0 Å². The van der Waals surface area contributed by atoms with E-state index in [0.29, 0.717) is 32.3 Å². The highest BCUT2D eigenvalue weighted by molar-refractivity contribution is 5.48. The van der Waals surface area contributed by atoms with Crippen LogP contribution < -0.4 is 0 Å². The third-order valence-corrected chi connectivity index (χ3v) is 4.22. The minimum Gasteiger partial charge on any atom is -0.376 e. The minimum atomic E-state index is 0.412. The fraction of sp³-hybridized carbons (Fsp3) is 0.304. The standard InChI is InChI=1S/C23H28O2/c1-4-19-10-12-22(13-11-19)17-24-15-21(6-3)16-25-18-23-9-7-8-20(5-2)14-23/h4-5,7-14,21H,1-2,6,15-18H2,3H3. The fourth-order valence-corrected chi connectivity index (χ4v) is 2.53. The van der Waals surface area contributed by atoms with Crippen molar-refractivity contribution in [1.29, 1.82) is 0 Å². The largest absolute Gasteiger partial charge is 0.376 e. The Kier molecular flexibility index (Phi) is 8.17. The molecule has 0 aliphatic rings. The van der Waals surface area contributed by atoms with Gasteiger partial charge >= 0.3 is 0 Å². The first-order valence-corrected chi connectivity index (χ1v) is 8.83. The van der Waals surface area contributed by atoms with E-state index in [-0.39, 0.29) is 0 Å². The Labute approximate surface area is 151 Å². The van der Waals surface area contributed by atoms with E-state index < -0.39 is 0 Å². The van der Waals surface area contributed by atoms with Gasteiger partial charge in [-0.1, -0.05) is 74.7 Å². The molecule has 1 atom stereocenters. The van der Waals surface area contributed by atoms with Gasteiger partial charge in [-0.3, -0.25) is 0 Å². The lowest BCUT2D eigenvalue weighted by molar-refractivity contribution is 0.0257. The highest BCUT2D eigenvalue weighted by Crippen LogP contribution is 2.12. The van der Waals surface area contributed by atoms with Gasteiger partial charge in [0, 0.05) is 5.92 Å². The second-order valence-corrected chi connectivity index (χ2v) is 6.20. The third kappa shape index (κ3) is 6.69. The minimum absolute atomic E-state index is 0.412. The third-order valence-electron chi connectivity index (χ3n) is 4.22. The lowest BCUT2D eigenvalue weighted by Crippen LogP contribution is -2.15. The molecule has 2 nitrogen and oxygen atoms in total. The molecule has 0 bridgehead atoms. The zero-order chi connectivity index (χ0) is 17.9. The molecule has 0 fully saturated rings. The van der Waals surface area contributed by atoms with Gasteiger partial charge in [-0.25, -0.2) is 0 Å². The summed E-state index contributed by atoms with van der Waals surface area (Å²) in [6.07, 6.45) is 4.75. The van der Waals surface area contributed by atoms with Crippen LogP contribution in [0.4, 0.5) is 0 Å². The Morgan fingerprint density at radius 2 is 1.48 bits per heavy atom. The van der Waals surface area contributed by atoms with Gasteiger partial charge in [0.25, 0.3) is 0 Å². The highest BCUT2D eigenvalue weighted by Gasteiger charge is 2.07. The molecule has 2 aromatic rings. The molecule has 2 rings (SSSR count). The molecule has 2 heteroatoms. The summed E-state index contributed by atoms with van der Waals surface area (Å²) in [4.78, 5) is 0. The number of hydrogen-bond acceptors (Lipinski definition) is 2. The number of benzene rings is 2. The molecule has 0 saturated heterocycles. The zero-order valence-electron chi connectivity index (χ0n) is 15.1. The van der Waals surface area contributed by atoms with Gasteiger partial charge in [-0.15, -0.1) is 0 Å². The molecule has 0 radical (unpaired) electrons. The van der Waals surface area contributed by atoms with Gasteiger partial charge in [-0.2, -0.15) is 0 Å². The molecule has 25 heavy (non-hydrogen) atoms. The van der Waals surface area contributed by atoms with Crippen LogP contribution in [0.15, 0.2) is 61.7 Å². The molecule has 0 amide bonds. The molecule has 132 valence electrons. The fourth-order valence-electron chi connectivity index (χ4n) is 2.53. The first-order chi connectivity index (χ1) is 12.2. The van der Waals surface area contributed by atoms with Crippen molar-refractivity contribution in [3.05, 3.63) is 83.9 Å². The highest BCUT2D eigenvalue weighted by atomic mass is 16.5. The normalized spacial score (nSPS) is 11.9. The molecule has 0 spiro atoms. The summed E-state index contributed by atoms with van der Waals surface area (Å²) in [5.74, 6) is 0.412. The molecule has 0 heterocycles. The number of ether oxygens (including phenoxy) is 2. The van der Waals surface area contributed by atoms with Crippen molar-refractivity contribution in [2.75, 3.05) is 13.2 Å². The van der Waals surface area contributed by atoms with Crippen molar-refractivity contribution in [3.63, 3.8) is 0 Å². The number of rotatable bonds is 11. The smallest absolute Gasteiger partial charge is 0.0717 e. The quantitative estimate of drug-likeness (QED) is 0.521. The topological polar surface area (TPSA) is 18.5 Å². The van der Waals surface area contributed by atoms with Crippen LogP contribution in [-0.2, 0) is 22.7 Å². The second kappa shape index (κ2) is 10.7. The van der Waals surface area contributed by atoms with E-state index in [2.05, 4.69) is 56.5 Å². The molecule has 1 unspecified atom stereocenters. The number of hydrogen-bond donors (Lipinski definition) is 0. The maximum absolute atomic E-state index is 5.88. The molecular weight excluding hydrogens is 308 g/mol. The van der Waals surface area contributed by atoms with Crippen molar-refractivity contribution in [2.24, 2.45) is 5.92 Å². The van der Waals surface area contributed by atoms with Gasteiger partial charge in [-0.05, 0) is 34.7 Å². The average Bonchev–Trinajstić information content (AvgIpc) is 2.67. The first kappa shape index (κ1) is 19.2. The lowest BCUT2D eigenvalue weighted by atomic mass is 10.1. The Balaban J connectivity index is 1.70. The summed E-state index contributed by atoms with van der Waals surface area (Å²) in [5, 5.41) is 0. The summed E-state index contributed by atoms with van der Waals surface area (Å²) in [5.41, 5.74) is 4.61. The molecule has 0 aromatic heterocycles. The zero-order valence-corrected chi connectivity index (χ0v) is 15.1. The van der Waals surface area contributed by atoms with Gasteiger partial charge < -0.3 is 9.47 Å². The van der Waals surface area contributed by atoms with Gasteiger partial charge in [0.15, 0.2) is 0 Å². The summed E-state index contributed by atoms with van der Waals surface area (Å²) in [6.45, 7) is 12.4. The summed E-state index contributed by atoms with van der Waals surface area (Å²) >= 11 is 0. The van der Waals surface area contributed by atoms with Crippen LogP contribution in [0, 0.1) is 5.92 Å². The summed E-state index contributed by atoms with van der Waals surface area (Å²) < 4.78 is 11.7. The van der Waals surface area contributed by atoms with Crippen LogP contribution in [0.25, 0.3) is 12.2 Å². The van der Waals surface area contributed by atoms with E-state index >= 15 is 0 Å². The maximum Gasteiger partial charge on any atom is 0.0717 e. The molecule has 2 aromatic carbocycles. The van der Waals surface area contributed by atoms with Crippen molar-refractivity contribution in [1.82, 2.24) is 0 Å². The van der Waals surface area contributed by atoms with E-state index in [1.807, 2.05) is 24.3 Å². The lowest BCUT2D eigenvalue weighted by Gasteiger charge is -2.16. The monoisotopic (exact) mass is 336 g/mol.